The van der Waals surface area contributed by atoms with E-state index in [1.54, 1.807) is 30.3 Å². The summed E-state index contributed by atoms with van der Waals surface area (Å²) in [6, 6.07) is 31.3. The second-order valence-electron chi connectivity index (χ2n) is 12.5. The van der Waals surface area contributed by atoms with Crippen LogP contribution in [0.1, 0.15) is 59.8 Å². The van der Waals surface area contributed by atoms with Crippen molar-refractivity contribution < 1.29 is 23.9 Å². The van der Waals surface area contributed by atoms with Crippen LogP contribution in [0.4, 0.5) is 5.69 Å². The molecule has 0 aromatic heterocycles. The largest absolute Gasteiger partial charge is 0.494 e. The Labute approximate surface area is 272 Å². The molecule has 1 atom stereocenters. The van der Waals surface area contributed by atoms with Gasteiger partial charge in [-0.1, -0.05) is 105 Å². The number of hydrogen-bond acceptors (Lipinski definition) is 6. The average Bonchev–Trinajstić information content (AvgIpc) is 3.05. The molecule has 4 aromatic carbocycles. The van der Waals surface area contributed by atoms with E-state index in [4.69, 9.17) is 9.47 Å². The number of ether oxygens (including phenoxy) is 2. The molecular formula is C39H44N2O5. The highest BCUT2D eigenvalue weighted by molar-refractivity contribution is 6.12. The molecule has 0 unspecified atom stereocenters. The van der Waals surface area contributed by atoms with E-state index in [1.165, 1.54) is 12.7 Å². The van der Waals surface area contributed by atoms with Crippen molar-refractivity contribution in [2.75, 3.05) is 25.6 Å². The molecule has 0 heterocycles. The van der Waals surface area contributed by atoms with Gasteiger partial charge < -0.3 is 19.7 Å². The van der Waals surface area contributed by atoms with Crippen molar-refractivity contribution in [2.24, 2.45) is 5.41 Å². The van der Waals surface area contributed by atoms with Crippen molar-refractivity contribution in [3.8, 4) is 5.75 Å². The minimum absolute atomic E-state index is 0.110. The molecule has 0 aliphatic carbocycles. The van der Waals surface area contributed by atoms with Crippen molar-refractivity contribution in [2.45, 2.75) is 53.1 Å². The van der Waals surface area contributed by atoms with Gasteiger partial charge >= 0.3 is 5.97 Å². The number of amides is 1. The van der Waals surface area contributed by atoms with E-state index in [-0.39, 0.29) is 11.7 Å². The molecule has 7 nitrogen and oxygen atoms in total. The van der Waals surface area contributed by atoms with Gasteiger partial charge in [-0.15, -0.1) is 0 Å². The molecule has 1 amide bonds. The van der Waals surface area contributed by atoms with Gasteiger partial charge in [0.2, 0.25) is 5.91 Å². The van der Waals surface area contributed by atoms with Crippen LogP contribution in [0.5, 0.6) is 5.75 Å². The van der Waals surface area contributed by atoms with E-state index in [0.717, 1.165) is 11.1 Å². The normalized spacial score (nSPS) is 11.8. The number of hydrogen-bond donors (Lipinski definition) is 1. The first kappa shape index (κ1) is 34.0. The summed E-state index contributed by atoms with van der Waals surface area (Å²) >= 11 is 0. The van der Waals surface area contributed by atoms with Crippen LogP contribution in [-0.2, 0) is 27.3 Å². The fourth-order valence-electron chi connectivity index (χ4n) is 5.24. The standard InChI is InChI=1S/C39H44N2O5/c1-28-13-11-14-30(25-28)27-41(38(44)39(2,3)4)23-12-24-46-32-21-19-29(20-22-32)26-35(37(43)45-5)40-34-18-10-9-17-33(34)36(42)31-15-7-6-8-16-31/h6-11,13-22,25,35,40H,12,23-24,26-27H2,1-5H3/t35-/m0/s1. The van der Waals surface area contributed by atoms with Crippen molar-refractivity contribution in [3.05, 3.63) is 131 Å². The molecule has 0 aliphatic heterocycles. The van der Waals surface area contributed by atoms with Crippen molar-refractivity contribution in [1.29, 1.82) is 0 Å². The van der Waals surface area contributed by atoms with Crippen LogP contribution in [0.15, 0.2) is 103 Å². The summed E-state index contributed by atoms with van der Waals surface area (Å²) in [6.45, 7) is 9.49. The van der Waals surface area contributed by atoms with Crippen LogP contribution < -0.4 is 10.1 Å². The maximum absolute atomic E-state index is 13.2. The Balaban J connectivity index is 1.36. The number of esters is 1. The van der Waals surface area contributed by atoms with Gasteiger partial charge in [-0.3, -0.25) is 9.59 Å². The van der Waals surface area contributed by atoms with Crippen molar-refractivity contribution in [1.82, 2.24) is 4.90 Å². The number of carbonyl (C=O) groups excluding carboxylic acids is 3. The number of aryl methyl sites for hydroxylation is 1. The molecule has 240 valence electrons. The highest BCUT2D eigenvalue weighted by Gasteiger charge is 2.27. The summed E-state index contributed by atoms with van der Waals surface area (Å²) in [5.74, 6) is 0.258. The van der Waals surface area contributed by atoms with E-state index in [1.807, 2.05) is 80.3 Å². The molecule has 1 N–H and O–H groups in total. The first-order chi connectivity index (χ1) is 22.0. The Bertz CT molecular complexity index is 1610. The van der Waals surface area contributed by atoms with Gasteiger partial charge in [0.15, 0.2) is 5.78 Å². The van der Waals surface area contributed by atoms with E-state index in [0.29, 0.717) is 55.1 Å². The van der Waals surface area contributed by atoms with Crippen molar-refractivity contribution >= 4 is 23.3 Å². The fourth-order valence-corrected chi connectivity index (χ4v) is 5.24. The molecule has 0 fully saturated rings. The lowest BCUT2D eigenvalue weighted by Crippen LogP contribution is -2.40. The summed E-state index contributed by atoms with van der Waals surface area (Å²) in [5.41, 5.74) is 4.33. The molecule has 0 saturated carbocycles. The maximum Gasteiger partial charge on any atom is 0.328 e. The zero-order chi connectivity index (χ0) is 33.1. The number of anilines is 1. The molecule has 0 spiro atoms. The molecule has 7 heteroatoms. The highest BCUT2D eigenvalue weighted by Crippen LogP contribution is 2.23. The summed E-state index contributed by atoms with van der Waals surface area (Å²) in [4.78, 5) is 41.1. The molecule has 0 saturated heterocycles. The monoisotopic (exact) mass is 620 g/mol. The second kappa shape index (κ2) is 15.9. The first-order valence-corrected chi connectivity index (χ1v) is 15.6. The SMILES string of the molecule is COC(=O)[C@H](Cc1ccc(OCCCN(Cc2cccc(C)c2)C(=O)C(C)(C)C)cc1)Nc1ccccc1C(=O)c1ccccc1. The van der Waals surface area contributed by atoms with Gasteiger partial charge in [-0.05, 0) is 48.7 Å². The lowest BCUT2D eigenvalue weighted by molar-refractivity contribution is -0.141. The summed E-state index contributed by atoms with van der Waals surface area (Å²) in [6.07, 6.45) is 1.04. The molecule has 4 aromatic rings. The van der Waals surface area contributed by atoms with Gasteiger partial charge in [-0.25, -0.2) is 4.79 Å². The Morgan fingerprint density at radius 1 is 0.826 bits per heavy atom. The second-order valence-corrected chi connectivity index (χ2v) is 12.5. The van der Waals surface area contributed by atoms with Crippen LogP contribution in [0.2, 0.25) is 0 Å². The fraction of sp³-hybridized carbons (Fsp3) is 0.308. The molecule has 46 heavy (non-hydrogen) atoms. The lowest BCUT2D eigenvalue weighted by atomic mass is 9.94. The van der Waals surface area contributed by atoms with Crippen LogP contribution in [0.25, 0.3) is 0 Å². The maximum atomic E-state index is 13.2. The zero-order valence-corrected chi connectivity index (χ0v) is 27.4. The van der Waals surface area contributed by atoms with Crippen LogP contribution >= 0.6 is 0 Å². The predicted molar refractivity (Wildman–Crippen MR) is 182 cm³/mol. The van der Waals surface area contributed by atoms with Crippen LogP contribution in [0.3, 0.4) is 0 Å². The number of ketones is 1. The summed E-state index contributed by atoms with van der Waals surface area (Å²) in [7, 11) is 1.35. The molecule has 0 radical (unpaired) electrons. The number of para-hydroxylation sites is 1. The minimum Gasteiger partial charge on any atom is -0.494 e. The Kier molecular flexibility index (Phi) is 11.7. The third-order valence-corrected chi connectivity index (χ3v) is 7.61. The number of carbonyl (C=O) groups is 3. The zero-order valence-electron chi connectivity index (χ0n) is 27.4. The van der Waals surface area contributed by atoms with Gasteiger partial charge in [0.25, 0.3) is 0 Å². The molecular weight excluding hydrogens is 576 g/mol. The number of nitrogens with zero attached hydrogens (tertiary/aromatic N) is 1. The Morgan fingerprint density at radius 3 is 2.20 bits per heavy atom. The van der Waals surface area contributed by atoms with Gasteiger partial charge in [0.05, 0.1) is 13.7 Å². The topological polar surface area (TPSA) is 84.9 Å². The first-order valence-electron chi connectivity index (χ1n) is 15.6. The Hall–Kier alpha value is -4.91. The summed E-state index contributed by atoms with van der Waals surface area (Å²) in [5, 5.41) is 3.25. The van der Waals surface area contributed by atoms with Gasteiger partial charge in [-0.2, -0.15) is 0 Å². The van der Waals surface area contributed by atoms with Crippen molar-refractivity contribution in [3.63, 3.8) is 0 Å². The quantitative estimate of drug-likeness (QED) is 0.0907. The molecule has 4 rings (SSSR count). The number of nitrogens with one attached hydrogen (secondary N) is 1. The number of rotatable bonds is 14. The number of benzene rings is 4. The van der Waals surface area contributed by atoms with E-state index >= 15 is 0 Å². The summed E-state index contributed by atoms with van der Waals surface area (Å²) < 4.78 is 11.1. The van der Waals surface area contributed by atoms with Gasteiger partial charge in [0.1, 0.15) is 11.8 Å². The molecule has 0 bridgehead atoms. The van der Waals surface area contributed by atoms with Crippen LogP contribution in [-0.4, -0.2) is 48.9 Å². The van der Waals surface area contributed by atoms with Crippen LogP contribution in [0, 0.1) is 12.3 Å². The smallest absolute Gasteiger partial charge is 0.328 e. The average molecular weight is 621 g/mol. The molecule has 0 aliphatic rings. The third kappa shape index (κ3) is 9.54. The predicted octanol–water partition coefficient (Wildman–Crippen LogP) is 7.27. The Morgan fingerprint density at radius 2 is 1.52 bits per heavy atom. The van der Waals surface area contributed by atoms with E-state index in [9.17, 15) is 14.4 Å². The number of methoxy groups -OCH3 is 1. The highest BCUT2D eigenvalue weighted by atomic mass is 16.5. The minimum atomic E-state index is -0.707. The van der Waals surface area contributed by atoms with Gasteiger partial charge in [0, 0.05) is 41.7 Å². The van der Waals surface area contributed by atoms with E-state index < -0.39 is 17.4 Å². The van der Waals surface area contributed by atoms with E-state index in [2.05, 4.69) is 30.4 Å². The lowest BCUT2D eigenvalue weighted by Gasteiger charge is -2.30. The third-order valence-electron chi connectivity index (χ3n) is 7.61.